The fourth-order valence-corrected chi connectivity index (χ4v) is 5.92. The monoisotopic (exact) mass is 569 g/mol. The number of oxime groups is 1. The van der Waals surface area contributed by atoms with Crippen LogP contribution in [-0.4, -0.2) is 44.8 Å². The van der Waals surface area contributed by atoms with E-state index in [1.165, 1.54) is 23.5 Å². The van der Waals surface area contributed by atoms with Gasteiger partial charge in [-0.3, -0.25) is 0 Å². The Bertz CT molecular complexity index is 1560. The Morgan fingerprint density at radius 3 is 2.46 bits per heavy atom. The molecule has 3 heterocycles. The van der Waals surface area contributed by atoms with Crippen molar-refractivity contribution in [3.63, 3.8) is 0 Å². The summed E-state index contributed by atoms with van der Waals surface area (Å²) in [6.07, 6.45) is 1.32. The lowest BCUT2D eigenvalue weighted by Crippen LogP contribution is -2.35. The van der Waals surface area contributed by atoms with E-state index >= 15 is 0 Å². The first kappa shape index (κ1) is 27.0. The Morgan fingerprint density at radius 1 is 1.10 bits per heavy atom. The molecule has 5 rings (SSSR count). The minimum Gasteiger partial charge on any atom is -0.439 e. The zero-order valence-corrected chi connectivity index (χ0v) is 22.7. The van der Waals surface area contributed by atoms with Crippen LogP contribution in [0.3, 0.4) is 0 Å². The van der Waals surface area contributed by atoms with Crippen molar-refractivity contribution in [1.82, 2.24) is 4.98 Å². The van der Waals surface area contributed by atoms with E-state index in [9.17, 15) is 13.6 Å². The lowest BCUT2D eigenvalue weighted by Gasteiger charge is -2.36. The summed E-state index contributed by atoms with van der Waals surface area (Å²) in [6, 6.07) is 17.4. The molecule has 0 radical (unpaired) electrons. The van der Waals surface area contributed by atoms with Gasteiger partial charge >= 0.3 is 0 Å². The second-order valence-corrected chi connectivity index (χ2v) is 11.4. The minimum atomic E-state index is -3.84. The third-order valence-corrected chi connectivity index (χ3v) is 8.32. The largest absolute Gasteiger partial charge is 0.439 e. The molecule has 1 saturated heterocycles. The fourth-order valence-electron chi connectivity index (χ4n) is 4.55. The van der Waals surface area contributed by atoms with Crippen molar-refractivity contribution < 1.29 is 32.3 Å². The van der Waals surface area contributed by atoms with Crippen LogP contribution in [0.25, 0.3) is 22.6 Å². The van der Waals surface area contributed by atoms with Crippen molar-refractivity contribution in [3.8, 4) is 27.6 Å². The molecule has 0 atom stereocenters. The van der Waals surface area contributed by atoms with Crippen molar-refractivity contribution in [1.29, 1.82) is 0 Å². The first-order chi connectivity index (χ1) is 18.8. The van der Waals surface area contributed by atoms with E-state index in [-0.39, 0.29) is 23.1 Å². The van der Waals surface area contributed by atoms with Crippen LogP contribution in [0, 0.1) is 0 Å². The quantitative estimate of drug-likeness (QED) is 0.133. The number of sulfonamides is 1. The molecule has 1 aliphatic rings. The molecule has 3 N–H and O–H groups in total. The highest BCUT2D eigenvalue weighted by atomic mass is 32.2. The van der Waals surface area contributed by atoms with Crippen LogP contribution >= 0.6 is 11.3 Å². The standard InChI is InChI=1S/C27H27N3O7S2/c1-34-27(12-14-35-15-13-27)21-11-16-38-26(21)37-23(30-31)17-22-29-24(18-5-3-2-4-6-18)25(36-22)19-7-9-20(10-8-19)39(28,32)33/h2-11,16,31H,12-15,17H2,1H3,(H2,28,32,33)/b30-23-. The second-order valence-electron chi connectivity index (χ2n) is 8.93. The van der Waals surface area contributed by atoms with E-state index in [4.69, 9.17) is 23.8 Å². The molecule has 0 unspecified atom stereocenters. The maximum Gasteiger partial charge on any atom is 0.241 e. The molecule has 12 heteroatoms. The van der Waals surface area contributed by atoms with Crippen LogP contribution in [0.1, 0.15) is 24.3 Å². The number of hydrogen-bond acceptors (Lipinski definition) is 10. The molecule has 0 aliphatic carbocycles. The van der Waals surface area contributed by atoms with Crippen LogP contribution in [0.4, 0.5) is 0 Å². The maximum atomic E-state index is 11.7. The van der Waals surface area contributed by atoms with Gasteiger partial charge in [0, 0.05) is 49.9 Å². The van der Waals surface area contributed by atoms with Crippen LogP contribution in [0.2, 0.25) is 0 Å². The fraction of sp³-hybridized carbons (Fsp3) is 0.259. The van der Waals surface area contributed by atoms with E-state index in [1.54, 1.807) is 19.2 Å². The molecule has 10 nitrogen and oxygen atoms in total. The van der Waals surface area contributed by atoms with E-state index in [1.807, 2.05) is 41.8 Å². The topological polar surface area (TPSA) is 146 Å². The lowest BCUT2D eigenvalue weighted by molar-refractivity contribution is -0.0951. The Hall–Kier alpha value is -3.55. The van der Waals surface area contributed by atoms with Crippen LogP contribution in [0.15, 0.2) is 80.5 Å². The van der Waals surface area contributed by atoms with Gasteiger partial charge in [-0.1, -0.05) is 35.5 Å². The van der Waals surface area contributed by atoms with Gasteiger partial charge in [0.1, 0.15) is 17.7 Å². The van der Waals surface area contributed by atoms with Crippen LogP contribution in [-0.2, 0) is 31.5 Å². The lowest BCUT2D eigenvalue weighted by atomic mass is 9.87. The van der Waals surface area contributed by atoms with Crippen molar-refractivity contribution >= 4 is 27.3 Å². The molecule has 4 aromatic rings. The van der Waals surface area contributed by atoms with Gasteiger partial charge in [0.25, 0.3) is 0 Å². The molecule has 0 bridgehead atoms. The van der Waals surface area contributed by atoms with Gasteiger partial charge in [0.15, 0.2) is 10.8 Å². The van der Waals surface area contributed by atoms with E-state index < -0.39 is 15.6 Å². The summed E-state index contributed by atoms with van der Waals surface area (Å²) in [5.41, 5.74) is 2.26. The molecule has 1 aliphatic heterocycles. The summed E-state index contributed by atoms with van der Waals surface area (Å²) in [7, 11) is -2.17. The number of oxazole rings is 1. The average molecular weight is 570 g/mol. The number of ether oxygens (including phenoxy) is 3. The van der Waals surface area contributed by atoms with Gasteiger partial charge in [-0.25, -0.2) is 18.5 Å². The number of primary sulfonamides is 1. The second kappa shape index (κ2) is 11.3. The van der Waals surface area contributed by atoms with Crippen molar-refractivity contribution in [2.45, 2.75) is 29.8 Å². The summed E-state index contributed by atoms with van der Waals surface area (Å²) in [6.45, 7) is 1.15. The zero-order valence-electron chi connectivity index (χ0n) is 21.1. The molecule has 39 heavy (non-hydrogen) atoms. The Kier molecular flexibility index (Phi) is 7.82. The Balaban J connectivity index is 1.45. The predicted octanol–water partition coefficient (Wildman–Crippen LogP) is 4.78. The highest BCUT2D eigenvalue weighted by Crippen LogP contribution is 2.43. The molecular formula is C27H27N3O7S2. The molecule has 2 aromatic carbocycles. The summed E-state index contributed by atoms with van der Waals surface area (Å²) < 4.78 is 47.0. The summed E-state index contributed by atoms with van der Waals surface area (Å²) in [4.78, 5) is 4.65. The zero-order chi connectivity index (χ0) is 27.5. The average Bonchev–Trinajstić information content (AvgIpc) is 3.61. The van der Waals surface area contributed by atoms with E-state index in [2.05, 4.69) is 10.1 Å². The van der Waals surface area contributed by atoms with Crippen LogP contribution in [0.5, 0.6) is 5.06 Å². The first-order valence-corrected chi connectivity index (χ1v) is 14.5. The predicted molar refractivity (Wildman–Crippen MR) is 145 cm³/mol. The van der Waals surface area contributed by atoms with Gasteiger partial charge in [-0.15, -0.1) is 11.3 Å². The summed E-state index contributed by atoms with van der Waals surface area (Å²) in [5.74, 6) is 0.665. The third-order valence-electron chi connectivity index (χ3n) is 6.60. The Morgan fingerprint density at radius 2 is 1.82 bits per heavy atom. The van der Waals surface area contributed by atoms with Gasteiger partial charge in [-0.2, -0.15) is 0 Å². The molecule has 0 amide bonds. The molecule has 0 saturated carbocycles. The third kappa shape index (κ3) is 5.75. The number of benzene rings is 2. The normalized spacial score (nSPS) is 15.8. The SMILES string of the molecule is COC1(c2ccsc2O/C(Cc2nc(-c3ccccc3)c(-c3ccc(S(N)(=O)=O)cc3)o2)=N\O)CCOCC1. The molecule has 204 valence electrons. The number of rotatable bonds is 8. The van der Waals surface area contributed by atoms with Crippen molar-refractivity contribution in [3.05, 3.63) is 77.5 Å². The summed E-state index contributed by atoms with van der Waals surface area (Å²) >= 11 is 1.37. The van der Waals surface area contributed by atoms with Crippen molar-refractivity contribution in [2.24, 2.45) is 10.3 Å². The van der Waals surface area contributed by atoms with Crippen molar-refractivity contribution in [2.75, 3.05) is 20.3 Å². The first-order valence-electron chi connectivity index (χ1n) is 12.1. The van der Waals surface area contributed by atoms with Crippen LogP contribution < -0.4 is 9.88 Å². The van der Waals surface area contributed by atoms with Gasteiger partial charge in [0.2, 0.25) is 21.8 Å². The number of hydrogen-bond donors (Lipinski definition) is 2. The number of methoxy groups -OCH3 is 1. The number of nitrogens with two attached hydrogens (primary N) is 1. The molecule has 2 aromatic heterocycles. The van der Waals surface area contributed by atoms with Gasteiger partial charge < -0.3 is 23.8 Å². The highest BCUT2D eigenvalue weighted by Gasteiger charge is 2.38. The summed E-state index contributed by atoms with van der Waals surface area (Å²) in [5, 5.41) is 20.9. The van der Waals surface area contributed by atoms with Gasteiger partial charge in [0.05, 0.1) is 4.90 Å². The van der Waals surface area contributed by atoms with Gasteiger partial charge in [-0.05, 0) is 35.7 Å². The maximum absolute atomic E-state index is 11.7. The molecule has 1 fully saturated rings. The van der Waals surface area contributed by atoms with E-state index in [0.717, 1.165) is 11.1 Å². The molecule has 0 spiro atoms. The number of nitrogens with zero attached hydrogens (tertiary/aromatic N) is 2. The Labute approximate surface area is 229 Å². The number of thiophene rings is 1. The van der Waals surface area contributed by atoms with E-state index in [0.29, 0.717) is 48.1 Å². The highest BCUT2D eigenvalue weighted by molar-refractivity contribution is 7.89. The smallest absolute Gasteiger partial charge is 0.241 e. The minimum absolute atomic E-state index is 0.00556. The molecular weight excluding hydrogens is 542 g/mol. The number of aromatic nitrogens is 1.